The molecule has 0 saturated heterocycles. The number of carbonyl (C=O) groups is 1. The molecule has 0 saturated carbocycles. The molecule has 22 heavy (non-hydrogen) atoms. The van der Waals surface area contributed by atoms with Crippen LogP contribution in [0.4, 0.5) is 13.6 Å². The van der Waals surface area contributed by atoms with Crippen molar-refractivity contribution in [3.63, 3.8) is 0 Å². The molecular formula is C16H16F2N2O2. The van der Waals surface area contributed by atoms with Crippen molar-refractivity contribution >= 4 is 6.03 Å². The van der Waals surface area contributed by atoms with Crippen molar-refractivity contribution in [3.8, 4) is 0 Å². The number of nitrogens with one attached hydrogen (secondary N) is 2. The normalized spacial score (nSPS) is 11.8. The number of carbonyl (C=O) groups excluding carboxylic acids is 1. The Labute approximate surface area is 126 Å². The van der Waals surface area contributed by atoms with E-state index in [2.05, 4.69) is 10.6 Å². The Morgan fingerprint density at radius 1 is 1.09 bits per heavy atom. The monoisotopic (exact) mass is 306 g/mol. The van der Waals surface area contributed by atoms with Crippen LogP contribution in [0.15, 0.2) is 48.5 Å². The number of amides is 2. The first-order valence-electron chi connectivity index (χ1n) is 6.73. The van der Waals surface area contributed by atoms with Crippen LogP contribution in [0.5, 0.6) is 0 Å². The number of rotatable bonds is 5. The molecule has 2 aromatic carbocycles. The Bertz CT molecular complexity index is 615. The van der Waals surface area contributed by atoms with E-state index in [1.165, 1.54) is 0 Å². The molecule has 0 aliphatic heterocycles. The van der Waals surface area contributed by atoms with Crippen LogP contribution in [0.1, 0.15) is 17.2 Å². The fourth-order valence-corrected chi connectivity index (χ4v) is 2.02. The maximum Gasteiger partial charge on any atom is 0.315 e. The Kier molecular flexibility index (Phi) is 5.43. The van der Waals surface area contributed by atoms with E-state index in [0.29, 0.717) is 5.56 Å². The molecule has 3 N–H and O–H groups in total. The summed E-state index contributed by atoms with van der Waals surface area (Å²) in [5, 5.41) is 14.4. The number of halogens is 2. The molecule has 0 aromatic heterocycles. The maximum absolute atomic E-state index is 13.0. The Morgan fingerprint density at radius 2 is 1.73 bits per heavy atom. The molecule has 6 heteroatoms. The summed E-state index contributed by atoms with van der Waals surface area (Å²) in [6.07, 6.45) is 0. The van der Waals surface area contributed by atoms with Crippen molar-refractivity contribution < 1.29 is 18.7 Å². The first-order chi connectivity index (χ1) is 10.6. The van der Waals surface area contributed by atoms with Crippen molar-refractivity contribution in [1.29, 1.82) is 0 Å². The summed E-state index contributed by atoms with van der Waals surface area (Å²) in [4.78, 5) is 11.8. The van der Waals surface area contributed by atoms with Gasteiger partial charge in [-0.25, -0.2) is 13.6 Å². The number of hydrogen-bond donors (Lipinski definition) is 3. The van der Waals surface area contributed by atoms with Crippen LogP contribution in [0.3, 0.4) is 0 Å². The van der Waals surface area contributed by atoms with Crippen molar-refractivity contribution in [3.05, 3.63) is 71.3 Å². The zero-order valence-electron chi connectivity index (χ0n) is 11.7. The lowest BCUT2D eigenvalue weighted by molar-refractivity contribution is 0.216. The van der Waals surface area contributed by atoms with Crippen LogP contribution < -0.4 is 10.6 Å². The lowest BCUT2D eigenvalue weighted by Crippen LogP contribution is -2.38. The van der Waals surface area contributed by atoms with E-state index in [-0.39, 0.29) is 13.2 Å². The average Bonchev–Trinajstić information content (AvgIpc) is 2.50. The number of aliphatic hydroxyl groups excluding tert-OH is 1. The van der Waals surface area contributed by atoms with Crippen molar-refractivity contribution in [2.24, 2.45) is 0 Å². The topological polar surface area (TPSA) is 61.4 Å². The molecule has 0 spiro atoms. The van der Waals surface area contributed by atoms with Gasteiger partial charge in [0.25, 0.3) is 0 Å². The van der Waals surface area contributed by atoms with Crippen LogP contribution in [0.25, 0.3) is 0 Å². The van der Waals surface area contributed by atoms with E-state index in [1.807, 2.05) is 6.07 Å². The first-order valence-corrected chi connectivity index (χ1v) is 6.73. The summed E-state index contributed by atoms with van der Waals surface area (Å²) >= 11 is 0. The van der Waals surface area contributed by atoms with Gasteiger partial charge in [-0.05, 0) is 23.3 Å². The quantitative estimate of drug-likeness (QED) is 0.795. The molecule has 2 amide bonds. The summed E-state index contributed by atoms with van der Waals surface area (Å²) in [5.74, 6) is -1.40. The molecule has 2 aromatic rings. The minimum Gasteiger partial charge on any atom is -0.394 e. The lowest BCUT2D eigenvalue weighted by Gasteiger charge is -2.17. The van der Waals surface area contributed by atoms with Gasteiger partial charge in [-0.1, -0.05) is 30.3 Å². The third kappa shape index (κ3) is 4.53. The van der Waals surface area contributed by atoms with E-state index in [1.54, 1.807) is 24.3 Å². The predicted molar refractivity (Wildman–Crippen MR) is 78.0 cm³/mol. The van der Waals surface area contributed by atoms with Gasteiger partial charge in [-0.15, -0.1) is 0 Å². The second-order valence-electron chi connectivity index (χ2n) is 4.75. The number of hydrogen-bond acceptors (Lipinski definition) is 2. The molecule has 4 nitrogen and oxygen atoms in total. The van der Waals surface area contributed by atoms with Gasteiger partial charge in [0.05, 0.1) is 12.6 Å². The Morgan fingerprint density at radius 3 is 2.32 bits per heavy atom. The standard InChI is InChI=1S/C16H16F2N2O2/c17-13-6-11(7-14(18)8-13)9-19-16(22)20-15(10-21)12-4-2-1-3-5-12/h1-8,15,21H,9-10H2,(H2,19,20,22). The Hall–Kier alpha value is -2.47. The smallest absolute Gasteiger partial charge is 0.315 e. The van der Waals surface area contributed by atoms with Gasteiger partial charge in [0.15, 0.2) is 0 Å². The summed E-state index contributed by atoms with van der Waals surface area (Å²) in [6.45, 7) is -0.278. The molecule has 0 aliphatic carbocycles. The third-order valence-electron chi connectivity index (χ3n) is 3.07. The zero-order valence-corrected chi connectivity index (χ0v) is 11.7. The second-order valence-corrected chi connectivity index (χ2v) is 4.75. The number of urea groups is 1. The largest absolute Gasteiger partial charge is 0.394 e. The molecule has 0 aliphatic rings. The van der Waals surface area contributed by atoms with E-state index in [0.717, 1.165) is 23.8 Å². The lowest BCUT2D eigenvalue weighted by atomic mass is 10.1. The first kappa shape index (κ1) is 15.9. The van der Waals surface area contributed by atoms with Crippen LogP contribution in [-0.2, 0) is 6.54 Å². The van der Waals surface area contributed by atoms with Gasteiger partial charge in [-0.3, -0.25) is 0 Å². The van der Waals surface area contributed by atoms with E-state index < -0.39 is 23.7 Å². The molecule has 116 valence electrons. The fraction of sp³-hybridized carbons (Fsp3) is 0.188. The average molecular weight is 306 g/mol. The summed E-state index contributed by atoms with van der Waals surface area (Å²) in [7, 11) is 0. The highest BCUT2D eigenvalue weighted by atomic mass is 19.1. The molecule has 2 rings (SSSR count). The van der Waals surface area contributed by atoms with Gasteiger partial charge in [0.1, 0.15) is 11.6 Å². The molecule has 0 radical (unpaired) electrons. The van der Waals surface area contributed by atoms with Gasteiger partial charge in [-0.2, -0.15) is 0 Å². The van der Waals surface area contributed by atoms with Crippen LogP contribution in [0, 0.1) is 11.6 Å². The van der Waals surface area contributed by atoms with Crippen molar-refractivity contribution in [1.82, 2.24) is 10.6 Å². The minimum absolute atomic E-state index is 0.0204. The maximum atomic E-state index is 13.0. The zero-order chi connectivity index (χ0) is 15.9. The van der Waals surface area contributed by atoms with E-state index in [4.69, 9.17) is 0 Å². The Balaban J connectivity index is 1.92. The van der Waals surface area contributed by atoms with E-state index in [9.17, 15) is 18.7 Å². The highest BCUT2D eigenvalue weighted by Crippen LogP contribution is 2.11. The molecule has 0 heterocycles. The highest BCUT2D eigenvalue weighted by molar-refractivity contribution is 5.74. The van der Waals surface area contributed by atoms with Gasteiger partial charge >= 0.3 is 6.03 Å². The number of benzene rings is 2. The van der Waals surface area contributed by atoms with Gasteiger partial charge < -0.3 is 15.7 Å². The van der Waals surface area contributed by atoms with Gasteiger partial charge in [0, 0.05) is 12.6 Å². The highest BCUT2D eigenvalue weighted by Gasteiger charge is 2.13. The van der Waals surface area contributed by atoms with Crippen LogP contribution in [0.2, 0.25) is 0 Å². The minimum atomic E-state index is -0.699. The van der Waals surface area contributed by atoms with Crippen molar-refractivity contribution in [2.45, 2.75) is 12.6 Å². The van der Waals surface area contributed by atoms with E-state index >= 15 is 0 Å². The van der Waals surface area contributed by atoms with Crippen LogP contribution >= 0.6 is 0 Å². The van der Waals surface area contributed by atoms with Gasteiger partial charge in [0.2, 0.25) is 0 Å². The third-order valence-corrected chi connectivity index (χ3v) is 3.07. The van der Waals surface area contributed by atoms with Crippen molar-refractivity contribution in [2.75, 3.05) is 6.61 Å². The molecule has 0 bridgehead atoms. The molecule has 1 atom stereocenters. The van der Waals surface area contributed by atoms with Crippen LogP contribution in [-0.4, -0.2) is 17.7 Å². The second kappa shape index (κ2) is 7.51. The molecule has 0 fully saturated rings. The predicted octanol–water partition coefficient (Wildman–Crippen LogP) is 2.50. The fourth-order valence-electron chi connectivity index (χ4n) is 2.02. The molecule has 1 unspecified atom stereocenters. The summed E-state index contributed by atoms with van der Waals surface area (Å²) in [5.41, 5.74) is 1.07. The number of aliphatic hydroxyl groups is 1. The summed E-state index contributed by atoms with van der Waals surface area (Å²) < 4.78 is 26.1. The summed E-state index contributed by atoms with van der Waals surface area (Å²) in [6, 6.07) is 11.0. The molecular weight excluding hydrogens is 290 g/mol. The SMILES string of the molecule is O=C(NCc1cc(F)cc(F)c1)NC(CO)c1ccccc1.